The number of rotatable bonds is 10. The minimum Gasteiger partial charge on any atom is -0.367 e. The fourth-order valence-corrected chi connectivity index (χ4v) is 2.59. The molecule has 1 aliphatic heterocycles. The number of ether oxygens (including phenoxy) is 1. The molecule has 0 saturated carbocycles. The first-order chi connectivity index (χ1) is 10.3. The van der Waals surface area contributed by atoms with E-state index in [2.05, 4.69) is 39.8 Å². The van der Waals surface area contributed by atoms with E-state index >= 15 is 0 Å². The van der Waals surface area contributed by atoms with Crippen LogP contribution in [0.1, 0.15) is 73.1 Å². The van der Waals surface area contributed by atoms with Gasteiger partial charge in [0.2, 0.25) is 0 Å². The molecule has 124 valence electrons. The summed E-state index contributed by atoms with van der Waals surface area (Å²) in [6.07, 6.45) is 14.2. The molecule has 0 bridgehead atoms. The lowest BCUT2D eigenvalue weighted by Crippen LogP contribution is -2.02. The Morgan fingerprint density at radius 1 is 0.955 bits per heavy atom. The van der Waals surface area contributed by atoms with Crippen LogP contribution in [0.15, 0.2) is 34.9 Å². The summed E-state index contributed by atoms with van der Waals surface area (Å²) in [7, 11) is 0. The van der Waals surface area contributed by atoms with Gasteiger partial charge < -0.3 is 4.74 Å². The van der Waals surface area contributed by atoms with Gasteiger partial charge >= 0.3 is 0 Å². The average Bonchev–Trinajstić information content (AvgIpc) is 3.04. The maximum Gasteiger partial charge on any atom is 0.142 e. The first kappa shape index (κ1) is 18.9. The van der Waals surface area contributed by atoms with Gasteiger partial charge in [0.1, 0.15) is 6.29 Å². The Balaban J connectivity index is 2.17. The van der Waals surface area contributed by atoms with Crippen LogP contribution in [0.2, 0.25) is 0 Å². The van der Waals surface area contributed by atoms with Gasteiger partial charge in [-0.15, -0.1) is 0 Å². The molecule has 0 spiro atoms. The number of carbonyl (C=O) groups excluding carboxylic acids is 1. The van der Waals surface area contributed by atoms with E-state index in [0.29, 0.717) is 6.10 Å². The maximum absolute atomic E-state index is 10.3. The highest BCUT2D eigenvalue weighted by Gasteiger charge is 2.46. The Morgan fingerprint density at radius 2 is 1.45 bits per heavy atom. The van der Waals surface area contributed by atoms with E-state index in [1.54, 1.807) is 6.08 Å². The largest absolute Gasteiger partial charge is 0.367 e. The molecule has 1 saturated heterocycles. The quantitative estimate of drug-likeness (QED) is 0.229. The summed E-state index contributed by atoms with van der Waals surface area (Å²) in [5, 5.41) is 0. The SMILES string of the molecule is C/C(=C/C=O)CC/C=C(\C)CC/C=C(\C)CC[C@@H]1OC1(C)C. The van der Waals surface area contributed by atoms with Crippen LogP contribution in [0.5, 0.6) is 0 Å². The predicted octanol–water partition coefficient (Wildman–Crippen LogP) is 5.54. The third-order valence-corrected chi connectivity index (χ3v) is 4.38. The summed E-state index contributed by atoms with van der Waals surface area (Å²) in [6, 6.07) is 0. The second-order valence-electron chi connectivity index (χ2n) is 7.08. The molecule has 0 amide bonds. The van der Waals surface area contributed by atoms with Gasteiger partial charge in [-0.25, -0.2) is 0 Å². The van der Waals surface area contributed by atoms with E-state index in [4.69, 9.17) is 4.74 Å². The van der Waals surface area contributed by atoms with Gasteiger partial charge in [0.15, 0.2) is 0 Å². The molecular weight excluding hydrogens is 272 g/mol. The van der Waals surface area contributed by atoms with Crippen LogP contribution in [0.4, 0.5) is 0 Å². The Labute approximate surface area is 136 Å². The summed E-state index contributed by atoms with van der Waals surface area (Å²) in [5.74, 6) is 0. The van der Waals surface area contributed by atoms with Crippen molar-refractivity contribution >= 4 is 6.29 Å². The Bertz CT molecular complexity index is 452. The van der Waals surface area contributed by atoms with Gasteiger partial charge in [-0.2, -0.15) is 0 Å². The molecule has 0 radical (unpaired) electrons. The minimum absolute atomic E-state index is 0.121. The molecule has 0 aromatic carbocycles. The van der Waals surface area contributed by atoms with E-state index in [1.807, 2.05) is 6.92 Å². The van der Waals surface area contributed by atoms with E-state index in [9.17, 15) is 4.79 Å². The van der Waals surface area contributed by atoms with Crippen molar-refractivity contribution in [1.29, 1.82) is 0 Å². The first-order valence-electron chi connectivity index (χ1n) is 8.45. The molecule has 0 N–H and O–H groups in total. The third kappa shape index (κ3) is 7.74. The predicted molar refractivity (Wildman–Crippen MR) is 94.0 cm³/mol. The van der Waals surface area contributed by atoms with Crippen LogP contribution in [-0.4, -0.2) is 18.0 Å². The number of epoxide rings is 1. The van der Waals surface area contributed by atoms with Crippen molar-refractivity contribution in [1.82, 2.24) is 0 Å². The number of hydrogen-bond acceptors (Lipinski definition) is 2. The first-order valence-corrected chi connectivity index (χ1v) is 8.45. The Hall–Kier alpha value is -1.15. The summed E-state index contributed by atoms with van der Waals surface area (Å²) in [5.41, 5.74) is 4.19. The van der Waals surface area contributed by atoms with Crippen LogP contribution in [0.25, 0.3) is 0 Å². The Morgan fingerprint density at radius 3 is 1.95 bits per heavy atom. The van der Waals surface area contributed by atoms with Gasteiger partial charge in [-0.05, 0) is 79.2 Å². The number of aldehydes is 1. The molecule has 2 heteroatoms. The minimum atomic E-state index is 0.121. The molecule has 0 aliphatic carbocycles. The number of allylic oxidation sites excluding steroid dienone is 6. The lowest BCUT2D eigenvalue weighted by Gasteiger charge is -2.02. The van der Waals surface area contributed by atoms with E-state index in [-0.39, 0.29) is 5.60 Å². The lowest BCUT2D eigenvalue weighted by molar-refractivity contribution is -0.104. The molecule has 1 aliphatic rings. The third-order valence-electron chi connectivity index (χ3n) is 4.38. The average molecular weight is 304 g/mol. The summed E-state index contributed by atoms with van der Waals surface area (Å²) < 4.78 is 5.62. The summed E-state index contributed by atoms with van der Waals surface area (Å²) >= 11 is 0. The van der Waals surface area contributed by atoms with Crippen molar-refractivity contribution in [2.75, 3.05) is 0 Å². The Kier molecular flexibility index (Phi) is 7.81. The second kappa shape index (κ2) is 9.09. The molecule has 0 aromatic heterocycles. The van der Waals surface area contributed by atoms with E-state index in [0.717, 1.165) is 50.4 Å². The molecule has 1 atom stereocenters. The van der Waals surface area contributed by atoms with Crippen molar-refractivity contribution in [3.05, 3.63) is 34.9 Å². The zero-order valence-electron chi connectivity index (χ0n) is 14.9. The van der Waals surface area contributed by atoms with Gasteiger partial charge in [-0.1, -0.05) is 28.9 Å². The fourth-order valence-electron chi connectivity index (χ4n) is 2.59. The second-order valence-corrected chi connectivity index (χ2v) is 7.08. The summed E-state index contributed by atoms with van der Waals surface area (Å²) in [6.45, 7) is 10.8. The molecule has 0 aromatic rings. The van der Waals surface area contributed by atoms with Crippen molar-refractivity contribution in [2.24, 2.45) is 0 Å². The fraction of sp³-hybridized carbons (Fsp3) is 0.650. The maximum atomic E-state index is 10.3. The van der Waals surface area contributed by atoms with Crippen LogP contribution >= 0.6 is 0 Å². The highest BCUT2D eigenvalue weighted by molar-refractivity contribution is 5.65. The van der Waals surface area contributed by atoms with Gasteiger partial charge in [0.05, 0.1) is 11.7 Å². The normalized spacial score (nSPS) is 21.9. The summed E-state index contributed by atoms with van der Waals surface area (Å²) in [4.78, 5) is 10.3. The van der Waals surface area contributed by atoms with Crippen molar-refractivity contribution < 1.29 is 9.53 Å². The molecule has 1 heterocycles. The lowest BCUT2D eigenvalue weighted by atomic mass is 10.0. The van der Waals surface area contributed by atoms with Crippen LogP contribution < -0.4 is 0 Å². The van der Waals surface area contributed by atoms with E-state index in [1.165, 1.54) is 11.1 Å². The van der Waals surface area contributed by atoms with Gasteiger partial charge in [0.25, 0.3) is 0 Å². The molecule has 0 unspecified atom stereocenters. The van der Waals surface area contributed by atoms with Crippen LogP contribution in [-0.2, 0) is 9.53 Å². The highest BCUT2D eigenvalue weighted by Crippen LogP contribution is 2.38. The van der Waals surface area contributed by atoms with Crippen molar-refractivity contribution in [2.45, 2.75) is 84.8 Å². The smallest absolute Gasteiger partial charge is 0.142 e. The van der Waals surface area contributed by atoms with Crippen LogP contribution in [0.3, 0.4) is 0 Å². The van der Waals surface area contributed by atoms with Crippen molar-refractivity contribution in [3.63, 3.8) is 0 Å². The molecule has 2 nitrogen and oxygen atoms in total. The molecular formula is C20H32O2. The highest BCUT2D eigenvalue weighted by atomic mass is 16.6. The molecule has 1 rings (SSSR count). The van der Waals surface area contributed by atoms with E-state index < -0.39 is 0 Å². The van der Waals surface area contributed by atoms with Gasteiger partial charge in [-0.3, -0.25) is 4.79 Å². The van der Waals surface area contributed by atoms with Crippen LogP contribution in [0, 0.1) is 0 Å². The standard InChI is InChI=1S/C20H32O2/c1-16(9-7-11-18(3)14-15-21)8-6-10-17(2)12-13-19-20(4,5)22-19/h9-10,14-15,19H,6-8,11-13H2,1-5H3/b16-9+,17-10+,18-14-/t19-/m0/s1. The zero-order chi connectivity index (χ0) is 16.6. The number of carbonyl (C=O) groups is 1. The monoisotopic (exact) mass is 304 g/mol. The van der Waals surface area contributed by atoms with Crippen molar-refractivity contribution in [3.8, 4) is 0 Å². The molecule has 1 fully saturated rings. The zero-order valence-corrected chi connectivity index (χ0v) is 14.9. The van der Waals surface area contributed by atoms with Gasteiger partial charge in [0, 0.05) is 0 Å². The topological polar surface area (TPSA) is 29.6 Å². The molecule has 22 heavy (non-hydrogen) atoms. The number of hydrogen-bond donors (Lipinski definition) is 0.